The molecule has 1 fully saturated rings. The maximum absolute atomic E-state index is 12.9. The molecule has 2 aromatic carbocycles. The van der Waals surface area contributed by atoms with Crippen LogP contribution in [0.4, 0.5) is 5.69 Å². The summed E-state index contributed by atoms with van der Waals surface area (Å²) in [5, 5.41) is 2.79. The third-order valence-corrected chi connectivity index (χ3v) is 6.47. The van der Waals surface area contributed by atoms with Gasteiger partial charge in [-0.25, -0.2) is 8.42 Å². The summed E-state index contributed by atoms with van der Waals surface area (Å²) in [4.78, 5) is 12.6. The van der Waals surface area contributed by atoms with Crippen molar-refractivity contribution in [2.24, 2.45) is 0 Å². The van der Waals surface area contributed by atoms with E-state index in [2.05, 4.69) is 5.32 Å². The van der Waals surface area contributed by atoms with Crippen molar-refractivity contribution < 1.29 is 13.2 Å². The fourth-order valence-corrected chi connectivity index (χ4v) is 4.72. The zero-order chi connectivity index (χ0) is 18.6. The Morgan fingerprint density at radius 1 is 0.962 bits per heavy atom. The van der Waals surface area contributed by atoms with Gasteiger partial charge in [0, 0.05) is 24.3 Å². The molecule has 6 heteroatoms. The predicted molar refractivity (Wildman–Crippen MR) is 103 cm³/mol. The minimum Gasteiger partial charge on any atom is -0.322 e. The van der Waals surface area contributed by atoms with E-state index in [9.17, 15) is 13.2 Å². The lowest BCUT2D eigenvalue weighted by molar-refractivity contribution is 0.102. The molecule has 26 heavy (non-hydrogen) atoms. The molecule has 0 aliphatic carbocycles. The highest BCUT2D eigenvalue weighted by Crippen LogP contribution is 2.23. The van der Waals surface area contributed by atoms with Crippen LogP contribution >= 0.6 is 0 Å². The SMILES string of the molecule is Cc1cccc(C(=O)Nc2cccc(S(=O)(=O)N3CCCCCC3)c2)c1. The van der Waals surface area contributed by atoms with Crippen molar-refractivity contribution in [3.05, 3.63) is 59.7 Å². The van der Waals surface area contributed by atoms with Crippen LogP contribution in [0.25, 0.3) is 0 Å². The van der Waals surface area contributed by atoms with Gasteiger partial charge in [-0.05, 0) is 50.1 Å². The molecule has 1 aliphatic rings. The van der Waals surface area contributed by atoms with Crippen molar-refractivity contribution in [3.8, 4) is 0 Å². The Morgan fingerprint density at radius 3 is 2.35 bits per heavy atom. The number of carbonyl (C=O) groups excluding carboxylic acids is 1. The lowest BCUT2D eigenvalue weighted by atomic mass is 10.1. The van der Waals surface area contributed by atoms with Crippen LogP contribution in [0.15, 0.2) is 53.4 Å². The van der Waals surface area contributed by atoms with E-state index in [-0.39, 0.29) is 10.8 Å². The highest BCUT2D eigenvalue weighted by atomic mass is 32.2. The second-order valence-electron chi connectivity index (χ2n) is 6.67. The molecule has 2 aromatic rings. The summed E-state index contributed by atoms with van der Waals surface area (Å²) in [6, 6.07) is 13.8. The number of benzene rings is 2. The molecule has 0 atom stereocenters. The van der Waals surface area contributed by atoms with E-state index in [1.807, 2.05) is 19.1 Å². The number of anilines is 1. The number of hydrogen-bond acceptors (Lipinski definition) is 3. The first kappa shape index (κ1) is 18.6. The van der Waals surface area contributed by atoms with E-state index in [1.54, 1.807) is 34.6 Å². The minimum absolute atomic E-state index is 0.224. The number of rotatable bonds is 4. The Balaban J connectivity index is 1.80. The molecule has 1 heterocycles. The quantitative estimate of drug-likeness (QED) is 0.887. The predicted octanol–water partition coefficient (Wildman–Crippen LogP) is 3.81. The fraction of sp³-hybridized carbons (Fsp3) is 0.350. The Morgan fingerprint density at radius 2 is 1.65 bits per heavy atom. The van der Waals surface area contributed by atoms with Crippen LogP contribution in [0.3, 0.4) is 0 Å². The standard InChI is InChI=1S/C20H24N2O3S/c1-16-8-6-9-17(14-16)20(23)21-18-10-7-11-19(15-18)26(24,25)22-12-4-2-3-5-13-22/h6-11,14-15H,2-5,12-13H2,1H3,(H,21,23). The van der Waals surface area contributed by atoms with Gasteiger partial charge in [-0.2, -0.15) is 4.31 Å². The summed E-state index contributed by atoms with van der Waals surface area (Å²) >= 11 is 0. The van der Waals surface area contributed by atoms with E-state index in [1.165, 1.54) is 6.07 Å². The van der Waals surface area contributed by atoms with Gasteiger partial charge in [-0.15, -0.1) is 0 Å². The molecular weight excluding hydrogens is 348 g/mol. The summed E-state index contributed by atoms with van der Waals surface area (Å²) in [6.45, 7) is 3.04. The van der Waals surface area contributed by atoms with Crippen LogP contribution < -0.4 is 5.32 Å². The molecule has 5 nitrogen and oxygen atoms in total. The van der Waals surface area contributed by atoms with Crippen molar-refractivity contribution in [1.29, 1.82) is 0 Å². The van der Waals surface area contributed by atoms with Crippen molar-refractivity contribution >= 4 is 21.6 Å². The van der Waals surface area contributed by atoms with Crippen LogP contribution in [0, 0.1) is 6.92 Å². The maximum atomic E-state index is 12.9. The Kier molecular flexibility index (Phi) is 5.74. The second kappa shape index (κ2) is 8.01. The molecule has 1 amide bonds. The number of sulfonamides is 1. The zero-order valence-electron chi connectivity index (χ0n) is 14.9. The number of aryl methyl sites for hydroxylation is 1. The maximum Gasteiger partial charge on any atom is 0.255 e. The molecule has 1 aliphatic heterocycles. The van der Waals surface area contributed by atoms with E-state index in [4.69, 9.17) is 0 Å². The van der Waals surface area contributed by atoms with Crippen molar-refractivity contribution in [2.45, 2.75) is 37.5 Å². The van der Waals surface area contributed by atoms with Crippen molar-refractivity contribution in [2.75, 3.05) is 18.4 Å². The number of nitrogens with zero attached hydrogens (tertiary/aromatic N) is 1. The number of carbonyl (C=O) groups is 1. The van der Waals surface area contributed by atoms with Crippen LogP contribution in [0.5, 0.6) is 0 Å². The second-order valence-corrected chi connectivity index (χ2v) is 8.61. The lowest BCUT2D eigenvalue weighted by Gasteiger charge is -2.20. The average Bonchev–Trinajstić information content (AvgIpc) is 2.92. The molecule has 0 bridgehead atoms. The molecule has 0 spiro atoms. The Hall–Kier alpha value is -2.18. The lowest BCUT2D eigenvalue weighted by Crippen LogP contribution is -2.32. The summed E-state index contributed by atoms with van der Waals surface area (Å²) < 4.78 is 27.4. The van der Waals surface area contributed by atoms with Gasteiger partial charge in [0.05, 0.1) is 4.90 Å². The fourth-order valence-electron chi connectivity index (χ4n) is 3.15. The normalized spacial score (nSPS) is 16.0. The van der Waals surface area contributed by atoms with Gasteiger partial charge in [0.2, 0.25) is 10.0 Å². The molecular formula is C20H24N2O3S. The molecule has 138 valence electrons. The minimum atomic E-state index is -3.53. The molecule has 0 radical (unpaired) electrons. The monoisotopic (exact) mass is 372 g/mol. The Labute approximate surface area is 155 Å². The molecule has 1 N–H and O–H groups in total. The summed E-state index contributed by atoms with van der Waals surface area (Å²) in [5.41, 5.74) is 2.02. The average molecular weight is 372 g/mol. The van der Waals surface area contributed by atoms with Gasteiger partial charge in [-0.3, -0.25) is 4.79 Å². The summed E-state index contributed by atoms with van der Waals surface area (Å²) in [7, 11) is -3.53. The molecule has 3 rings (SSSR count). The van der Waals surface area contributed by atoms with E-state index >= 15 is 0 Å². The molecule has 0 aromatic heterocycles. The first-order valence-corrected chi connectivity index (χ1v) is 10.4. The largest absolute Gasteiger partial charge is 0.322 e. The number of nitrogens with one attached hydrogen (secondary N) is 1. The third kappa shape index (κ3) is 4.31. The summed E-state index contributed by atoms with van der Waals surface area (Å²) in [6.07, 6.45) is 3.92. The van der Waals surface area contributed by atoms with Crippen molar-refractivity contribution in [3.63, 3.8) is 0 Å². The summed E-state index contributed by atoms with van der Waals surface area (Å²) in [5.74, 6) is -0.252. The van der Waals surface area contributed by atoms with Gasteiger partial charge in [0.25, 0.3) is 5.91 Å². The van der Waals surface area contributed by atoms with Gasteiger partial charge < -0.3 is 5.32 Å². The van der Waals surface area contributed by atoms with Crippen molar-refractivity contribution in [1.82, 2.24) is 4.31 Å². The first-order valence-electron chi connectivity index (χ1n) is 8.95. The van der Waals surface area contributed by atoms with E-state index < -0.39 is 10.0 Å². The molecule has 0 saturated carbocycles. The zero-order valence-corrected chi connectivity index (χ0v) is 15.8. The number of amides is 1. The smallest absolute Gasteiger partial charge is 0.255 e. The van der Waals surface area contributed by atoms with Crippen LogP contribution in [-0.2, 0) is 10.0 Å². The van der Waals surface area contributed by atoms with Gasteiger partial charge in [-0.1, -0.05) is 36.6 Å². The van der Waals surface area contributed by atoms with Crippen LogP contribution in [-0.4, -0.2) is 31.7 Å². The van der Waals surface area contributed by atoms with Crippen LogP contribution in [0.1, 0.15) is 41.6 Å². The topological polar surface area (TPSA) is 66.5 Å². The van der Waals surface area contributed by atoms with E-state index in [0.29, 0.717) is 24.3 Å². The highest BCUT2D eigenvalue weighted by molar-refractivity contribution is 7.89. The Bertz CT molecular complexity index is 885. The van der Waals surface area contributed by atoms with Gasteiger partial charge in [0.1, 0.15) is 0 Å². The molecule has 1 saturated heterocycles. The number of hydrogen-bond donors (Lipinski definition) is 1. The first-order chi connectivity index (χ1) is 12.5. The highest BCUT2D eigenvalue weighted by Gasteiger charge is 2.25. The van der Waals surface area contributed by atoms with E-state index in [0.717, 1.165) is 31.2 Å². The van der Waals surface area contributed by atoms with Crippen LogP contribution in [0.2, 0.25) is 0 Å². The van der Waals surface area contributed by atoms with Gasteiger partial charge in [0.15, 0.2) is 0 Å². The molecule has 0 unspecified atom stereocenters. The van der Waals surface area contributed by atoms with Gasteiger partial charge >= 0.3 is 0 Å². The third-order valence-electron chi connectivity index (χ3n) is 4.57.